The van der Waals surface area contributed by atoms with Crippen LogP contribution in [0.5, 0.6) is 0 Å². The first kappa shape index (κ1) is 25.4. The molecule has 0 amide bonds. The largest absolute Gasteiger partial charge is 0.357 e. The van der Waals surface area contributed by atoms with E-state index < -0.39 is 14.9 Å². The highest BCUT2D eigenvalue weighted by Gasteiger charge is 2.24. The standard InChI is InChI=1S/C25H30N4O4S/c1-27(2)17-9-16-26-34(32,33)23-14-15-24(25(18-23)29(30)31)28(19-21-10-5-3-6-11-21)20-22-12-7-4-8-13-22/h3-8,10-15,18,26H,9,16-17,19-20H2,1-2H3. The Morgan fingerprint density at radius 2 is 1.44 bits per heavy atom. The number of hydrogen-bond acceptors (Lipinski definition) is 6. The van der Waals surface area contributed by atoms with Gasteiger partial charge in [0.2, 0.25) is 10.0 Å². The minimum absolute atomic E-state index is 0.118. The fraction of sp³-hybridized carbons (Fsp3) is 0.280. The van der Waals surface area contributed by atoms with Crippen LogP contribution in [-0.2, 0) is 23.1 Å². The van der Waals surface area contributed by atoms with E-state index in [1.54, 1.807) is 0 Å². The van der Waals surface area contributed by atoms with Crippen LogP contribution in [0.2, 0.25) is 0 Å². The lowest BCUT2D eigenvalue weighted by Crippen LogP contribution is -2.28. The van der Waals surface area contributed by atoms with Crippen molar-refractivity contribution in [3.05, 3.63) is 100 Å². The minimum Gasteiger partial charge on any atom is -0.357 e. The van der Waals surface area contributed by atoms with Crippen molar-refractivity contribution in [2.75, 3.05) is 32.1 Å². The number of nitro groups is 1. The SMILES string of the molecule is CN(C)CCCNS(=O)(=O)c1ccc(N(Cc2ccccc2)Cc2ccccc2)c([N+](=O)[O-])c1. The quantitative estimate of drug-likeness (QED) is 0.238. The summed E-state index contributed by atoms with van der Waals surface area (Å²) in [5.41, 5.74) is 2.10. The van der Waals surface area contributed by atoms with Crippen molar-refractivity contribution in [2.24, 2.45) is 0 Å². The van der Waals surface area contributed by atoms with Gasteiger partial charge in [-0.05, 0) is 50.3 Å². The number of nitrogens with zero attached hydrogens (tertiary/aromatic N) is 3. The van der Waals surface area contributed by atoms with Crippen LogP contribution in [0.3, 0.4) is 0 Å². The van der Waals surface area contributed by atoms with E-state index in [-0.39, 0.29) is 17.1 Å². The topological polar surface area (TPSA) is 95.8 Å². The molecule has 0 aliphatic heterocycles. The van der Waals surface area contributed by atoms with Gasteiger partial charge in [0.15, 0.2) is 0 Å². The molecule has 3 aromatic rings. The highest BCUT2D eigenvalue weighted by Crippen LogP contribution is 2.33. The zero-order chi connectivity index (χ0) is 24.6. The van der Waals surface area contributed by atoms with Crippen LogP contribution >= 0.6 is 0 Å². The van der Waals surface area contributed by atoms with Gasteiger partial charge in [-0.25, -0.2) is 13.1 Å². The van der Waals surface area contributed by atoms with E-state index >= 15 is 0 Å². The highest BCUT2D eigenvalue weighted by atomic mass is 32.2. The van der Waals surface area contributed by atoms with E-state index in [2.05, 4.69) is 4.72 Å². The second-order valence-corrected chi connectivity index (χ2v) is 10.1. The lowest BCUT2D eigenvalue weighted by molar-refractivity contribution is -0.384. The van der Waals surface area contributed by atoms with Crippen molar-refractivity contribution in [3.63, 3.8) is 0 Å². The molecule has 8 nitrogen and oxygen atoms in total. The summed E-state index contributed by atoms with van der Waals surface area (Å²) in [5.74, 6) is 0. The molecule has 34 heavy (non-hydrogen) atoms. The molecular formula is C25H30N4O4S. The number of rotatable bonds is 12. The summed E-state index contributed by atoms with van der Waals surface area (Å²) in [7, 11) is -0.0461. The van der Waals surface area contributed by atoms with Gasteiger partial charge >= 0.3 is 0 Å². The van der Waals surface area contributed by atoms with E-state index in [0.717, 1.165) is 23.7 Å². The van der Waals surface area contributed by atoms with E-state index in [0.29, 0.717) is 25.2 Å². The van der Waals surface area contributed by atoms with E-state index in [1.165, 1.54) is 12.1 Å². The predicted octanol–water partition coefficient (Wildman–Crippen LogP) is 4.03. The van der Waals surface area contributed by atoms with Gasteiger partial charge in [-0.1, -0.05) is 60.7 Å². The molecule has 1 N–H and O–H groups in total. The van der Waals surface area contributed by atoms with Gasteiger partial charge in [0.05, 0.1) is 9.82 Å². The molecule has 0 unspecified atom stereocenters. The van der Waals surface area contributed by atoms with Gasteiger partial charge in [0, 0.05) is 25.7 Å². The van der Waals surface area contributed by atoms with Gasteiger partial charge in [-0.2, -0.15) is 0 Å². The van der Waals surface area contributed by atoms with Crippen LogP contribution in [0, 0.1) is 10.1 Å². The smallest absolute Gasteiger partial charge is 0.293 e. The average Bonchev–Trinajstić information content (AvgIpc) is 2.82. The maximum Gasteiger partial charge on any atom is 0.293 e. The molecule has 9 heteroatoms. The molecule has 180 valence electrons. The molecular weight excluding hydrogens is 452 g/mol. The highest BCUT2D eigenvalue weighted by molar-refractivity contribution is 7.89. The molecule has 0 atom stereocenters. The first-order valence-electron chi connectivity index (χ1n) is 11.0. The van der Waals surface area contributed by atoms with Crippen molar-refractivity contribution in [3.8, 4) is 0 Å². The second kappa shape index (κ2) is 11.7. The first-order valence-corrected chi connectivity index (χ1v) is 12.5. The summed E-state index contributed by atoms with van der Waals surface area (Å²) in [4.78, 5) is 15.2. The molecule has 0 fully saturated rings. The average molecular weight is 483 g/mol. The first-order chi connectivity index (χ1) is 16.3. The Bertz CT molecular complexity index is 1140. The Morgan fingerprint density at radius 1 is 0.882 bits per heavy atom. The summed E-state index contributed by atoms with van der Waals surface area (Å²) in [6.07, 6.45) is 0.633. The third-order valence-corrected chi connectivity index (χ3v) is 6.76. The van der Waals surface area contributed by atoms with Gasteiger partial charge in [0.25, 0.3) is 5.69 Å². The molecule has 0 saturated heterocycles. The van der Waals surface area contributed by atoms with E-state index in [9.17, 15) is 18.5 Å². The van der Waals surface area contributed by atoms with Crippen LogP contribution in [0.15, 0.2) is 83.8 Å². The number of sulfonamides is 1. The Morgan fingerprint density at radius 3 is 1.94 bits per heavy atom. The molecule has 0 aromatic heterocycles. The lowest BCUT2D eigenvalue weighted by atomic mass is 10.1. The zero-order valence-electron chi connectivity index (χ0n) is 19.4. The zero-order valence-corrected chi connectivity index (χ0v) is 20.2. The molecule has 0 spiro atoms. The molecule has 3 rings (SSSR count). The minimum atomic E-state index is -3.87. The van der Waals surface area contributed by atoms with Gasteiger partial charge in [0.1, 0.15) is 5.69 Å². The molecule has 0 radical (unpaired) electrons. The van der Waals surface area contributed by atoms with Crippen LogP contribution in [-0.4, -0.2) is 45.4 Å². The Labute approximate surface area is 201 Å². The molecule has 0 aliphatic rings. The Hall–Kier alpha value is -3.27. The second-order valence-electron chi connectivity index (χ2n) is 8.29. The third-order valence-electron chi connectivity index (χ3n) is 5.30. The molecule has 0 aliphatic carbocycles. The van der Waals surface area contributed by atoms with Gasteiger partial charge in [-0.15, -0.1) is 0 Å². The summed E-state index contributed by atoms with van der Waals surface area (Å²) in [6.45, 7) is 1.86. The predicted molar refractivity (Wildman–Crippen MR) is 134 cm³/mol. The van der Waals surface area contributed by atoms with Crippen molar-refractivity contribution in [2.45, 2.75) is 24.4 Å². The number of hydrogen-bond donors (Lipinski definition) is 1. The normalized spacial score (nSPS) is 11.5. The molecule has 0 bridgehead atoms. The molecule has 0 saturated carbocycles. The third kappa shape index (κ3) is 7.11. The Balaban J connectivity index is 1.93. The van der Waals surface area contributed by atoms with Crippen LogP contribution in [0.4, 0.5) is 11.4 Å². The van der Waals surface area contributed by atoms with Crippen LogP contribution in [0.25, 0.3) is 0 Å². The van der Waals surface area contributed by atoms with Gasteiger partial charge < -0.3 is 9.80 Å². The maximum absolute atomic E-state index is 12.8. The number of nitro benzene ring substituents is 1. The lowest BCUT2D eigenvalue weighted by Gasteiger charge is -2.25. The van der Waals surface area contributed by atoms with Crippen LogP contribution in [0.1, 0.15) is 17.5 Å². The van der Waals surface area contributed by atoms with Gasteiger partial charge in [-0.3, -0.25) is 10.1 Å². The van der Waals surface area contributed by atoms with Crippen molar-refractivity contribution in [1.82, 2.24) is 9.62 Å². The number of nitrogens with one attached hydrogen (secondary N) is 1. The Kier molecular flexibility index (Phi) is 8.75. The van der Waals surface area contributed by atoms with E-state index in [1.807, 2.05) is 84.6 Å². The van der Waals surface area contributed by atoms with E-state index in [4.69, 9.17) is 0 Å². The monoisotopic (exact) mass is 482 g/mol. The molecule has 3 aromatic carbocycles. The fourth-order valence-electron chi connectivity index (χ4n) is 3.60. The summed E-state index contributed by atoms with van der Waals surface area (Å²) >= 11 is 0. The summed E-state index contributed by atoms with van der Waals surface area (Å²) < 4.78 is 28.0. The van der Waals surface area contributed by atoms with Crippen molar-refractivity contribution >= 4 is 21.4 Å². The summed E-state index contributed by atoms with van der Waals surface area (Å²) in [6, 6.07) is 23.4. The summed E-state index contributed by atoms with van der Waals surface area (Å²) in [5, 5.41) is 12.0. The number of benzene rings is 3. The molecule has 0 heterocycles. The van der Waals surface area contributed by atoms with Crippen LogP contribution < -0.4 is 9.62 Å². The maximum atomic E-state index is 12.8. The van der Waals surface area contributed by atoms with Crippen molar-refractivity contribution in [1.29, 1.82) is 0 Å². The van der Waals surface area contributed by atoms with Crippen molar-refractivity contribution < 1.29 is 13.3 Å². The number of anilines is 1. The fourth-order valence-corrected chi connectivity index (χ4v) is 4.70.